The van der Waals surface area contributed by atoms with Crippen LogP contribution in [0.4, 0.5) is 5.69 Å². The number of rotatable bonds is 3. The maximum Gasteiger partial charge on any atom is 0.248 e. The fourth-order valence-corrected chi connectivity index (χ4v) is 2.77. The van der Waals surface area contributed by atoms with Crippen LogP contribution >= 0.6 is 0 Å². The van der Waals surface area contributed by atoms with Crippen molar-refractivity contribution in [3.8, 4) is 0 Å². The molecule has 1 unspecified atom stereocenters. The first kappa shape index (κ1) is 13.8. The number of nitrogens with zero attached hydrogens (tertiary/aromatic N) is 4. The van der Waals surface area contributed by atoms with Gasteiger partial charge in [0.05, 0.1) is 11.9 Å². The Morgan fingerprint density at radius 3 is 3.00 bits per heavy atom. The maximum atomic E-state index is 12.6. The molecule has 0 radical (unpaired) electrons. The van der Waals surface area contributed by atoms with E-state index in [-0.39, 0.29) is 12.5 Å². The standard InChI is InChI=1S/C15H19N5O/c1-11-6-12-4-2-3-5-14(12)20(8-11)15(21)10-19-9-13(7-16)17-18-19/h2-5,9,11H,6-8,10,16H2,1H3. The Bertz CT molecular complexity index is 651. The zero-order valence-corrected chi connectivity index (χ0v) is 12.1. The molecule has 6 nitrogen and oxygen atoms in total. The molecule has 1 amide bonds. The SMILES string of the molecule is CC1Cc2ccccc2N(C(=O)Cn2cc(CN)nn2)C1. The third kappa shape index (κ3) is 2.80. The molecule has 1 atom stereocenters. The average molecular weight is 285 g/mol. The lowest BCUT2D eigenvalue weighted by atomic mass is 9.94. The highest BCUT2D eigenvalue weighted by molar-refractivity contribution is 5.94. The summed E-state index contributed by atoms with van der Waals surface area (Å²) >= 11 is 0. The van der Waals surface area contributed by atoms with Crippen LogP contribution < -0.4 is 10.6 Å². The first-order valence-corrected chi connectivity index (χ1v) is 7.14. The number of fused-ring (bicyclic) bond motifs is 1. The molecule has 0 saturated carbocycles. The number of aromatic nitrogens is 3. The van der Waals surface area contributed by atoms with Gasteiger partial charge in [-0.2, -0.15) is 0 Å². The van der Waals surface area contributed by atoms with Crippen molar-refractivity contribution >= 4 is 11.6 Å². The van der Waals surface area contributed by atoms with Gasteiger partial charge in [-0.25, -0.2) is 4.68 Å². The highest BCUT2D eigenvalue weighted by Gasteiger charge is 2.26. The molecule has 0 spiro atoms. The Morgan fingerprint density at radius 1 is 1.43 bits per heavy atom. The lowest BCUT2D eigenvalue weighted by Crippen LogP contribution is -2.41. The highest BCUT2D eigenvalue weighted by Crippen LogP contribution is 2.29. The predicted molar refractivity (Wildman–Crippen MR) is 79.6 cm³/mol. The number of carbonyl (C=O) groups is 1. The Morgan fingerprint density at radius 2 is 2.24 bits per heavy atom. The number of carbonyl (C=O) groups excluding carboxylic acids is 1. The molecule has 1 aromatic carbocycles. The Balaban J connectivity index is 1.81. The molecule has 0 saturated heterocycles. The van der Waals surface area contributed by atoms with Crippen molar-refractivity contribution in [3.63, 3.8) is 0 Å². The van der Waals surface area contributed by atoms with Crippen molar-refractivity contribution in [1.29, 1.82) is 0 Å². The molecule has 0 aliphatic carbocycles. The monoisotopic (exact) mass is 285 g/mol. The van der Waals surface area contributed by atoms with E-state index in [1.165, 1.54) is 5.56 Å². The molecule has 2 heterocycles. The van der Waals surface area contributed by atoms with E-state index in [4.69, 9.17) is 5.73 Å². The lowest BCUT2D eigenvalue weighted by Gasteiger charge is -2.33. The second-order valence-corrected chi connectivity index (χ2v) is 5.55. The van der Waals surface area contributed by atoms with Crippen LogP contribution in [0.2, 0.25) is 0 Å². The van der Waals surface area contributed by atoms with Crippen LogP contribution in [0, 0.1) is 5.92 Å². The summed E-state index contributed by atoms with van der Waals surface area (Å²) in [5, 5.41) is 7.85. The summed E-state index contributed by atoms with van der Waals surface area (Å²) in [6.45, 7) is 3.43. The first-order valence-electron chi connectivity index (χ1n) is 7.14. The van der Waals surface area contributed by atoms with Crippen molar-refractivity contribution < 1.29 is 4.79 Å². The molecule has 6 heteroatoms. The molecule has 2 N–H and O–H groups in total. The van der Waals surface area contributed by atoms with Crippen LogP contribution in [0.3, 0.4) is 0 Å². The summed E-state index contributed by atoms with van der Waals surface area (Å²) in [5.41, 5.74) is 8.44. The minimum atomic E-state index is 0.0301. The third-order valence-electron chi connectivity index (χ3n) is 3.74. The first-order chi connectivity index (χ1) is 10.2. The van der Waals surface area contributed by atoms with Crippen molar-refractivity contribution in [2.45, 2.75) is 26.4 Å². The third-order valence-corrected chi connectivity index (χ3v) is 3.74. The van der Waals surface area contributed by atoms with Crippen molar-refractivity contribution in [3.05, 3.63) is 41.7 Å². The minimum absolute atomic E-state index is 0.0301. The maximum absolute atomic E-state index is 12.6. The second kappa shape index (κ2) is 5.65. The topological polar surface area (TPSA) is 77.0 Å². The normalized spacial score (nSPS) is 17.6. The molecule has 2 aromatic rings. The smallest absolute Gasteiger partial charge is 0.248 e. The van der Waals surface area contributed by atoms with Crippen molar-refractivity contribution in [2.24, 2.45) is 11.7 Å². The van der Waals surface area contributed by atoms with E-state index in [9.17, 15) is 4.79 Å². The van der Waals surface area contributed by atoms with Gasteiger partial charge >= 0.3 is 0 Å². The van der Waals surface area contributed by atoms with Crippen molar-refractivity contribution in [1.82, 2.24) is 15.0 Å². The van der Waals surface area contributed by atoms with E-state index in [1.807, 2.05) is 23.1 Å². The molecule has 0 fully saturated rings. The number of hydrogen-bond donors (Lipinski definition) is 1. The van der Waals surface area contributed by atoms with E-state index in [2.05, 4.69) is 23.3 Å². The largest absolute Gasteiger partial charge is 0.325 e. The molecule has 110 valence electrons. The van der Waals surface area contributed by atoms with Crippen molar-refractivity contribution in [2.75, 3.05) is 11.4 Å². The number of benzene rings is 1. The zero-order chi connectivity index (χ0) is 14.8. The van der Waals surface area contributed by atoms with Gasteiger partial charge in [0.1, 0.15) is 6.54 Å². The highest BCUT2D eigenvalue weighted by atomic mass is 16.2. The summed E-state index contributed by atoms with van der Waals surface area (Å²) in [6, 6.07) is 8.08. The summed E-state index contributed by atoms with van der Waals surface area (Å²) in [7, 11) is 0. The van der Waals surface area contributed by atoms with Gasteiger partial charge in [-0.15, -0.1) is 5.10 Å². The Hall–Kier alpha value is -2.21. The van der Waals surface area contributed by atoms with Gasteiger partial charge in [0.15, 0.2) is 0 Å². The van der Waals surface area contributed by atoms with Gasteiger partial charge in [0.2, 0.25) is 5.91 Å². The Kier molecular flexibility index (Phi) is 3.70. The van der Waals surface area contributed by atoms with Gasteiger partial charge in [-0.3, -0.25) is 4.79 Å². The van der Waals surface area contributed by atoms with E-state index < -0.39 is 0 Å². The summed E-state index contributed by atoms with van der Waals surface area (Å²) < 4.78 is 1.55. The molecular formula is C15H19N5O. The van der Waals surface area contributed by atoms with Crippen LogP contribution in [0.15, 0.2) is 30.5 Å². The van der Waals surface area contributed by atoms with E-state index in [1.54, 1.807) is 10.9 Å². The number of para-hydroxylation sites is 1. The minimum Gasteiger partial charge on any atom is -0.325 e. The number of anilines is 1. The average Bonchev–Trinajstić information content (AvgIpc) is 2.94. The molecule has 1 aliphatic heterocycles. The van der Waals surface area contributed by atoms with Crippen LogP contribution in [-0.2, 0) is 24.3 Å². The molecule has 0 bridgehead atoms. The van der Waals surface area contributed by atoms with Gasteiger partial charge in [0, 0.05) is 18.8 Å². The van der Waals surface area contributed by atoms with Crippen LogP contribution in [0.1, 0.15) is 18.2 Å². The number of hydrogen-bond acceptors (Lipinski definition) is 4. The quantitative estimate of drug-likeness (QED) is 0.911. The van der Waals surface area contributed by atoms with Crippen LogP contribution in [0.25, 0.3) is 0 Å². The molecular weight excluding hydrogens is 266 g/mol. The van der Waals surface area contributed by atoms with E-state index in [0.29, 0.717) is 18.2 Å². The number of amides is 1. The van der Waals surface area contributed by atoms with Gasteiger partial charge in [-0.05, 0) is 24.0 Å². The molecule has 3 rings (SSSR count). The lowest BCUT2D eigenvalue weighted by molar-refractivity contribution is -0.119. The zero-order valence-electron chi connectivity index (χ0n) is 12.1. The summed E-state index contributed by atoms with van der Waals surface area (Å²) in [5.74, 6) is 0.488. The van der Waals surface area contributed by atoms with Crippen LogP contribution in [0.5, 0.6) is 0 Å². The molecule has 1 aliphatic rings. The fourth-order valence-electron chi connectivity index (χ4n) is 2.77. The van der Waals surface area contributed by atoms with Gasteiger partial charge < -0.3 is 10.6 Å². The second-order valence-electron chi connectivity index (χ2n) is 5.55. The summed E-state index contributed by atoms with van der Waals surface area (Å²) in [4.78, 5) is 14.4. The number of nitrogens with two attached hydrogens (primary N) is 1. The fraction of sp³-hybridized carbons (Fsp3) is 0.400. The van der Waals surface area contributed by atoms with Gasteiger partial charge in [-0.1, -0.05) is 30.3 Å². The van der Waals surface area contributed by atoms with Gasteiger partial charge in [0.25, 0.3) is 0 Å². The molecule has 1 aromatic heterocycles. The van der Waals surface area contributed by atoms with Crippen LogP contribution in [-0.4, -0.2) is 27.4 Å². The van der Waals surface area contributed by atoms with E-state index >= 15 is 0 Å². The molecule has 21 heavy (non-hydrogen) atoms. The van der Waals surface area contributed by atoms with E-state index in [0.717, 1.165) is 18.7 Å². The Labute approximate surface area is 123 Å². The predicted octanol–water partition coefficient (Wildman–Crippen LogP) is 0.962. The summed E-state index contributed by atoms with van der Waals surface area (Å²) in [6.07, 6.45) is 2.73.